The summed E-state index contributed by atoms with van der Waals surface area (Å²) in [5.74, 6) is 0.499. The molecule has 0 aliphatic carbocycles. The minimum absolute atomic E-state index is 0.122. The Morgan fingerprint density at radius 3 is 2.35 bits per heavy atom. The average Bonchev–Trinajstić information content (AvgIpc) is 2.50. The zero-order valence-electron chi connectivity index (χ0n) is 14.0. The van der Waals surface area contributed by atoms with Crippen LogP contribution >= 0.6 is 11.6 Å². The average molecular weight is 332 g/mol. The quantitative estimate of drug-likeness (QED) is 0.726. The molecule has 0 aromatic heterocycles. The number of carbonyl (C=O) groups excluding carboxylic acids is 1. The van der Waals surface area contributed by atoms with Crippen LogP contribution in [0.25, 0.3) is 0 Å². The number of hydrogen-bond acceptors (Lipinski definition) is 2. The van der Waals surface area contributed by atoms with E-state index in [9.17, 15) is 4.79 Å². The van der Waals surface area contributed by atoms with Crippen molar-refractivity contribution in [3.05, 3.63) is 59.1 Å². The number of halogens is 1. The number of hydrogen-bond donors (Lipinski definition) is 0. The predicted octanol–water partition coefficient (Wildman–Crippen LogP) is 5.66. The summed E-state index contributed by atoms with van der Waals surface area (Å²) in [6, 6.07) is 14.8. The third kappa shape index (κ3) is 4.26. The summed E-state index contributed by atoms with van der Waals surface area (Å²) >= 11 is 6.25. The first kappa shape index (κ1) is 17.4. The number of amides is 1. The summed E-state index contributed by atoms with van der Waals surface area (Å²) in [4.78, 5) is 14.0. The molecule has 1 amide bonds. The summed E-state index contributed by atoms with van der Waals surface area (Å²) in [7, 11) is 0. The van der Waals surface area contributed by atoms with Gasteiger partial charge in [-0.3, -0.25) is 4.90 Å². The molecule has 0 aliphatic heterocycles. The maximum atomic E-state index is 12.5. The fraction of sp³-hybridized carbons (Fsp3) is 0.316. The van der Waals surface area contributed by atoms with E-state index in [2.05, 4.69) is 20.8 Å². The predicted molar refractivity (Wildman–Crippen MR) is 95.6 cm³/mol. The van der Waals surface area contributed by atoms with Gasteiger partial charge in [0.2, 0.25) is 0 Å². The molecule has 0 bridgehead atoms. The van der Waals surface area contributed by atoms with Crippen LogP contribution in [0.2, 0.25) is 5.02 Å². The lowest BCUT2D eigenvalue weighted by Gasteiger charge is -2.23. The molecule has 4 heteroatoms. The van der Waals surface area contributed by atoms with Crippen LogP contribution in [0.15, 0.2) is 48.5 Å². The van der Waals surface area contributed by atoms with E-state index in [0.29, 0.717) is 17.3 Å². The molecule has 0 atom stereocenters. The first-order chi connectivity index (χ1) is 10.8. The molecule has 2 aromatic carbocycles. The van der Waals surface area contributed by atoms with Crippen molar-refractivity contribution in [3.63, 3.8) is 0 Å². The zero-order chi connectivity index (χ0) is 17.0. The lowest BCUT2D eigenvalue weighted by Crippen LogP contribution is -2.33. The van der Waals surface area contributed by atoms with Crippen molar-refractivity contribution in [2.24, 2.45) is 0 Å². The van der Waals surface area contributed by atoms with E-state index >= 15 is 0 Å². The van der Waals surface area contributed by atoms with Crippen molar-refractivity contribution in [1.29, 1.82) is 0 Å². The van der Waals surface area contributed by atoms with Gasteiger partial charge in [-0.05, 0) is 48.2 Å². The Balaban J connectivity index is 2.23. The van der Waals surface area contributed by atoms with Gasteiger partial charge >= 0.3 is 6.09 Å². The number of para-hydroxylation sites is 1. The van der Waals surface area contributed by atoms with Gasteiger partial charge in [-0.25, -0.2) is 4.79 Å². The van der Waals surface area contributed by atoms with Crippen molar-refractivity contribution >= 4 is 23.4 Å². The maximum Gasteiger partial charge on any atom is 0.419 e. The van der Waals surface area contributed by atoms with E-state index in [1.807, 2.05) is 43.3 Å². The highest BCUT2D eigenvalue weighted by Crippen LogP contribution is 2.32. The highest BCUT2D eigenvalue weighted by Gasteiger charge is 2.20. The molecule has 23 heavy (non-hydrogen) atoms. The number of carbonyl (C=O) groups is 1. The second kappa shape index (κ2) is 7.05. The van der Waals surface area contributed by atoms with E-state index in [1.54, 1.807) is 17.0 Å². The second-order valence-corrected chi connectivity index (χ2v) is 6.75. The molecule has 3 nitrogen and oxygen atoms in total. The third-order valence-corrected chi connectivity index (χ3v) is 3.89. The Morgan fingerprint density at radius 2 is 1.78 bits per heavy atom. The highest BCUT2D eigenvalue weighted by molar-refractivity contribution is 6.31. The number of nitrogens with zero attached hydrogens (tertiary/aromatic N) is 1. The first-order valence-corrected chi connectivity index (χ1v) is 8.05. The molecule has 0 spiro atoms. The first-order valence-electron chi connectivity index (χ1n) is 7.67. The standard InChI is InChI=1S/C19H22ClNO2/c1-5-21(14-9-7-6-8-10-14)18(22)23-15-11-12-17(20)16(13-15)19(2,3)4/h6-13H,5H2,1-4H3. The Labute approximate surface area is 142 Å². The van der Waals surface area contributed by atoms with Gasteiger partial charge in [0.05, 0.1) is 0 Å². The Morgan fingerprint density at radius 1 is 1.13 bits per heavy atom. The SMILES string of the molecule is CCN(C(=O)Oc1ccc(Cl)c(C(C)(C)C)c1)c1ccccc1. The van der Waals surface area contributed by atoms with Gasteiger partial charge in [0, 0.05) is 17.3 Å². The van der Waals surface area contributed by atoms with Gasteiger partial charge in [0.15, 0.2) is 0 Å². The molecule has 122 valence electrons. The van der Waals surface area contributed by atoms with Gasteiger partial charge in [-0.2, -0.15) is 0 Å². The minimum Gasteiger partial charge on any atom is -0.410 e. The zero-order valence-corrected chi connectivity index (χ0v) is 14.7. The number of rotatable bonds is 3. The molecule has 0 saturated heterocycles. The molecule has 0 aliphatic rings. The number of benzene rings is 2. The van der Waals surface area contributed by atoms with Crippen LogP contribution in [0.1, 0.15) is 33.3 Å². The van der Waals surface area contributed by atoms with Crippen LogP contribution < -0.4 is 9.64 Å². The molecule has 0 heterocycles. The van der Waals surface area contributed by atoms with E-state index in [-0.39, 0.29) is 5.41 Å². The second-order valence-electron chi connectivity index (χ2n) is 6.34. The fourth-order valence-corrected chi connectivity index (χ4v) is 2.72. The van der Waals surface area contributed by atoms with Crippen LogP contribution in [-0.2, 0) is 5.41 Å². The van der Waals surface area contributed by atoms with Crippen LogP contribution in [0.5, 0.6) is 5.75 Å². The van der Waals surface area contributed by atoms with Gasteiger partial charge in [0.25, 0.3) is 0 Å². The fourth-order valence-electron chi connectivity index (χ4n) is 2.32. The molecular formula is C19H22ClNO2. The molecule has 0 saturated carbocycles. The molecule has 0 radical (unpaired) electrons. The Bertz CT molecular complexity index is 678. The van der Waals surface area contributed by atoms with Crippen molar-refractivity contribution in [2.45, 2.75) is 33.1 Å². The van der Waals surface area contributed by atoms with Gasteiger partial charge in [-0.15, -0.1) is 0 Å². The lowest BCUT2D eigenvalue weighted by atomic mass is 9.87. The topological polar surface area (TPSA) is 29.5 Å². The largest absolute Gasteiger partial charge is 0.419 e. The number of ether oxygens (including phenoxy) is 1. The van der Waals surface area contributed by atoms with Gasteiger partial charge in [-0.1, -0.05) is 50.6 Å². The summed E-state index contributed by atoms with van der Waals surface area (Å²) in [6.07, 6.45) is -0.402. The van der Waals surface area contributed by atoms with Crippen LogP contribution in [0.4, 0.5) is 10.5 Å². The van der Waals surface area contributed by atoms with Crippen LogP contribution in [0, 0.1) is 0 Å². The van der Waals surface area contributed by atoms with Gasteiger partial charge in [0.1, 0.15) is 5.75 Å². The summed E-state index contributed by atoms with van der Waals surface area (Å²) in [6.45, 7) is 8.66. The van der Waals surface area contributed by atoms with Crippen molar-refractivity contribution in [1.82, 2.24) is 0 Å². The summed E-state index contributed by atoms with van der Waals surface area (Å²) in [5, 5.41) is 0.674. The molecule has 0 N–H and O–H groups in total. The lowest BCUT2D eigenvalue weighted by molar-refractivity contribution is 0.208. The molecule has 0 unspecified atom stereocenters. The molecule has 0 fully saturated rings. The smallest absolute Gasteiger partial charge is 0.410 e. The van der Waals surface area contributed by atoms with Crippen molar-refractivity contribution in [2.75, 3.05) is 11.4 Å². The molecule has 2 aromatic rings. The molecular weight excluding hydrogens is 310 g/mol. The highest BCUT2D eigenvalue weighted by atomic mass is 35.5. The monoisotopic (exact) mass is 331 g/mol. The normalized spacial score (nSPS) is 11.2. The maximum absolute atomic E-state index is 12.5. The van der Waals surface area contributed by atoms with Gasteiger partial charge < -0.3 is 4.74 Å². The van der Waals surface area contributed by atoms with E-state index in [0.717, 1.165) is 11.3 Å². The number of anilines is 1. The van der Waals surface area contributed by atoms with Crippen molar-refractivity contribution in [3.8, 4) is 5.75 Å². The summed E-state index contributed by atoms with van der Waals surface area (Å²) in [5.41, 5.74) is 1.64. The summed E-state index contributed by atoms with van der Waals surface area (Å²) < 4.78 is 5.54. The van der Waals surface area contributed by atoms with E-state index in [4.69, 9.17) is 16.3 Å². The minimum atomic E-state index is -0.402. The Hall–Kier alpha value is -2.00. The van der Waals surface area contributed by atoms with Crippen molar-refractivity contribution < 1.29 is 9.53 Å². The third-order valence-electron chi connectivity index (χ3n) is 3.56. The Kier molecular flexibility index (Phi) is 5.32. The van der Waals surface area contributed by atoms with Crippen LogP contribution in [-0.4, -0.2) is 12.6 Å². The van der Waals surface area contributed by atoms with Crippen LogP contribution in [0.3, 0.4) is 0 Å². The van der Waals surface area contributed by atoms with E-state index < -0.39 is 6.09 Å². The van der Waals surface area contributed by atoms with E-state index in [1.165, 1.54) is 0 Å². The molecule has 2 rings (SSSR count).